The molecule has 2 aromatic rings. The van der Waals surface area contributed by atoms with Crippen molar-refractivity contribution in [1.29, 1.82) is 0 Å². The zero-order chi connectivity index (χ0) is 18.2. The van der Waals surface area contributed by atoms with Crippen LogP contribution in [0.25, 0.3) is 0 Å². The highest BCUT2D eigenvalue weighted by Gasteiger charge is 2.33. The van der Waals surface area contributed by atoms with Gasteiger partial charge in [0.1, 0.15) is 5.02 Å². The maximum Gasteiger partial charge on any atom is 0.416 e. The number of alkyl halides is 3. The van der Waals surface area contributed by atoms with E-state index < -0.39 is 23.5 Å². The lowest BCUT2D eigenvalue weighted by Crippen LogP contribution is -2.32. The van der Waals surface area contributed by atoms with Gasteiger partial charge in [0.15, 0.2) is 5.75 Å². The van der Waals surface area contributed by atoms with Gasteiger partial charge in [-0.2, -0.15) is 13.2 Å². The molecule has 0 bridgehead atoms. The molecule has 0 unspecified atom stereocenters. The topological polar surface area (TPSA) is 66.6 Å². The lowest BCUT2D eigenvalue weighted by atomic mass is 10.1. The van der Waals surface area contributed by atoms with Crippen molar-refractivity contribution < 1.29 is 23.1 Å². The van der Waals surface area contributed by atoms with Crippen LogP contribution in [0.4, 0.5) is 29.3 Å². The molecule has 0 aliphatic carbocycles. The van der Waals surface area contributed by atoms with Crippen LogP contribution in [0.15, 0.2) is 30.3 Å². The van der Waals surface area contributed by atoms with E-state index in [2.05, 4.69) is 0 Å². The third kappa shape index (κ3) is 3.48. The molecule has 2 aromatic carbocycles. The van der Waals surface area contributed by atoms with Crippen molar-refractivity contribution >= 4 is 52.2 Å². The van der Waals surface area contributed by atoms with Crippen molar-refractivity contribution in [3.05, 3.63) is 51.0 Å². The minimum atomic E-state index is -4.66. The van der Waals surface area contributed by atoms with Crippen LogP contribution in [0.3, 0.4) is 0 Å². The Morgan fingerprint density at radius 3 is 2.17 bits per heavy atom. The van der Waals surface area contributed by atoms with Crippen molar-refractivity contribution in [2.75, 3.05) is 4.90 Å². The number of hydrogen-bond donors (Lipinski definition) is 2. The van der Waals surface area contributed by atoms with Crippen molar-refractivity contribution in [2.24, 2.45) is 5.73 Å². The molecule has 0 aliphatic rings. The Kier molecular flexibility index (Phi) is 5.08. The van der Waals surface area contributed by atoms with Gasteiger partial charge in [0.25, 0.3) is 0 Å². The largest absolute Gasteiger partial charge is 0.504 e. The van der Waals surface area contributed by atoms with Crippen LogP contribution < -0.4 is 10.6 Å². The van der Waals surface area contributed by atoms with Crippen molar-refractivity contribution in [1.82, 2.24) is 0 Å². The van der Waals surface area contributed by atoms with Crippen molar-refractivity contribution in [2.45, 2.75) is 6.18 Å². The monoisotopic (exact) mass is 398 g/mol. The third-order valence-electron chi connectivity index (χ3n) is 3.02. The van der Waals surface area contributed by atoms with Crippen LogP contribution in [0.5, 0.6) is 5.75 Å². The summed E-state index contributed by atoms with van der Waals surface area (Å²) >= 11 is 17.4. The van der Waals surface area contributed by atoms with Crippen molar-refractivity contribution in [3.63, 3.8) is 0 Å². The first kappa shape index (κ1) is 18.5. The average molecular weight is 400 g/mol. The number of nitrogens with zero attached hydrogens (tertiary/aromatic N) is 1. The summed E-state index contributed by atoms with van der Waals surface area (Å²) in [6.07, 6.45) is -4.66. The number of urea groups is 1. The molecule has 0 fully saturated rings. The molecule has 3 N–H and O–H groups in total. The van der Waals surface area contributed by atoms with Gasteiger partial charge in [-0.05, 0) is 30.3 Å². The van der Waals surface area contributed by atoms with Crippen LogP contribution >= 0.6 is 34.8 Å². The Labute approximate surface area is 149 Å². The van der Waals surface area contributed by atoms with Gasteiger partial charge in [0, 0.05) is 0 Å². The Hall–Kier alpha value is -1.83. The van der Waals surface area contributed by atoms with E-state index >= 15 is 0 Å². The van der Waals surface area contributed by atoms with Gasteiger partial charge < -0.3 is 10.8 Å². The van der Waals surface area contributed by atoms with Crippen LogP contribution in [-0.4, -0.2) is 11.1 Å². The van der Waals surface area contributed by atoms with E-state index in [9.17, 15) is 23.1 Å². The predicted molar refractivity (Wildman–Crippen MR) is 86.3 cm³/mol. The van der Waals surface area contributed by atoms with Gasteiger partial charge in [-0.1, -0.05) is 34.8 Å². The molecule has 0 aromatic heterocycles. The van der Waals surface area contributed by atoms with E-state index in [1.807, 2.05) is 0 Å². The molecule has 2 amide bonds. The number of primary amides is 1. The van der Waals surface area contributed by atoms with Gasteiger partial charge in [0.05, 0.1) is 27.0 Å². The molecule has 0 heterocycles. The van der Waals surface area contributed by atoms with E-state index in [1.54, 1.807) is 0 Å². The second-order valence-electron chi connectivity index (χ2n) is 4.57. The SMILES string of the molecule is NC(=O)N(c1cc(C(F)(F)F)ccc1Cl)c1ccc(Cl)c(Cl)c1O. The number of carbonyl (C=O) groups is 1. The van der Waals surface area contributed by atoms with E-state index in [4.69, 9.17) is 40.5 Å². The lowest BCUT2D eigenvalue weighted by Gasteiger charge is -2.24. The highest BCUT2D eigenvalue weighted by Crippen LogP contribution is 2.44. The second-order valence-corrected chi connectivity index (χ2v) is 5.76. The summed E-state index contributed by atoms with van der Waals surface area (Å²) in [6, 6.07) is 3.59. The third-order valence-corrected chi connectivity index (χ3v) is 4.14. The number of phenols is 1. The Bertz CT molecular complexity index is 813. The number of carbonyl (C=O) groups excluding carboxylic acids is 1. The Morgan fingerprint density at radius 2 is 1.62 bits per heavy atom. The van der Waals surface area contributed by atoms with E-state index in [-0.39, 0.29) is 26.4 Å². The van der Waals surface area contributed by atoms with Crippen LogP contribution in [0.1, 0.15) is 5.56 Å². The Balaban J connectivity index is 2.70. The molecule has 128 valence electrons. The summed E-state index contributed by atoms with van der Waals surface area (Å²) < 4.78 is 38.7. The molecular weight excluding hydrogens is 392 g/mol. The quantitative estimate of drug-likeness (QED) is 0.691. The fourth-order valence-corrected chi connectivity index (χ4v) is 2.45. The normalized spacial score (nSPS) is 11.4. The molecule has 0 radical (unpaired) electrons. The first-order valence-electron chi connectivity index (χ1n) is 6.17. The summed E-state index contributed by atoms with van der Waals surface area (Å²) in [6.45, 7) is 0. The molecule has 2 rings (SSSR count). The van der Waals surface area contributed by atoms with Crippen LogP contribution in [-0.2, 0) is 6.18 Å². The molecule has 10 heteroatoms. The molecule has 0 spiro atoms. The number of amides is 2. The molecule has 24 heavy (non-hydrogen) atoms. The Morgan fingerprint density at radius 1 is 1.04 bits per heavy atom. The summed E-state index contributed by atoms with van der Waals surface area (Å²) in [5.74, 6) is -0.628. The number of aromatic hydroxyl groups is 1. The number of phenolic OH excluding ortho intramolecular Hbond substituents is 1. The summed E-state index contributed by atoms with van der Waals surface area (Å²) in [4.78, 5) is 12.4. The lowest BCUT2D eigenvalue weighted by molar-refractivity contribution is -0.137. The van der Waals surface area contributed by atoms with E-state index in [0.29, 0.717) is 11.0 Å². The van der Waals surface area contributed by atoms with Crippen molar-refractivity contribution in [3.8, 4) is 5.75 Å². The fraction of sp³-hybridized carbons (Fsp3) is 0.0714. The molecule has 4 nitrogen and oxygen atoms in total. The number of nitrogens with two attached hydrogens (primary N) is 1. The van der Waals surface area contributed by atoms with Gasteiger partial charge in [-0.25, -0.2) is 4.79 Å². The molecular formula is C14H8Cl3F3N2O2. The highest BCUT2D eigenvalue weighted by atomic mass is 35.5. The fourth-order valence-electron chi connectivity index (χ4n) is 1.94. The number of anilines is 2. The van der Waals surface area contributed by atoms with Crippen LogP contribution in [0, 0.1) is 0 Å². The number of benzene rings is 2. The van der Waals surface area contributed by atoms with Gasteiger partial charge in [-0.3, -0.25) is 4.90 Å². The van der Waals surface area contributed by atoms with E-state index in [1.165, 1.54) is 12.1 Å². The molecule has 0 saturated heterocycles. The second kappa shape index (κ2) is 6.58. The minimum absolute atomic E-state index is 0.0162. The van der Waals surface area contributed by atoms with E-state index in [0.717, 1.165) is 12.1 Å². The summed E-state index contributed by atoms with van der Waals surface area (Å²) in [5, 5.41) is 9.56. The highest BCUT2D eigenvalue weighted by molar-refractivity contribution is 6.43. The first-order valence-corrected chi connectivity index (χ1v) is 7.30. The number of hydrogen-bond acceptors (Lipinski definition) is 2. The van der Waals surface area contributed by atoms with Gasteiger partial charge >= 0.3 is 12.2 Å². The summed E-state index contributed by atoms with van der Waals surface area (Å²) in [5.41, 5.74) is 3.56. The first-order chi connectivity index (χ1) is 11.0. The molecule has 0 aliphatic heterocycles. The summed E-state index contributed by atoms with van der Waals surface area (Å²) in [7, 11) is 0. The molecule has 0 atom stereocenters. The standard InChI is InChI=1S/C14H8Cl3F3N2O2/c15-7-2-1-6(14(18,19)20)5-10(7)22(13(21)24)9-4-3-8(16)11(17)12(9)23/h1-5,23H,(H2,21,24). The zero-order valence-electron chi connectivity index (χ0n) is 11.5. The van der Waals surface area contributed by atoms with Crippen LogP contribution in [0.2, 0.25) is 15.1 Å². The maximum atomic E-state index is 12.9. The smallest absolute Gasteiger partial charge is 0.416 e. The van der Waals surface area contributed by atoms with Gasteiger partial charge in [0.2, 0.25) is 0 Å². The molecule has 0 saturated carbocycles. The zero-order valence-corrected chi connectivity index (χ0v) is 13.8. The maximum absolute atomic E-state index is 12.9. The predicted octanol–water partition coefficient (Wildman–Crippen LogP) is 5.59. The van der Waals surface area contributed by atoms with Gasteiger partial charge in [-0.15, -0.1) is 0 Å². The number of rotatable bonds is 2. The minimum Gasteiger partial charge on any atom is -0.504 e. The average Bonchev–Trinajstić information content (AvgIpc) is 2.47. The number of halogens is 6.